The van der Waals surface area contributed by atoms with Gasteiger partial charge in [-0.05, 0) is 55.8 Å². The number of hydrogen-bond acceptors (Lipinski definition) is 8. The van der Waals surface area contributed by atoms with Crippen LogP contribution in [0.3, 0.4) is 0 Å². The summed E-state index contributed by atoms with van der Waals surface area (Å²) in [4.78, 5) is 11.2. The molecule has 0 atom stereocenters. The number of rotatable bonds is 6. The van der Waals surface area contributed by atoms with Crippen molar-refractivity contribution < 1.29 is 8.91 Å². The zero-order chi connectivity index (χ0) is 22.9. The van der Waals surface area contributed by atoms with Gasteiger partial charge in [-0.15, -0.1) is 0 Å². The minimum atomic E-state index is -0.402. The number of anilines is 2. The molecule has 0 radical (unpaired) electrons. The first-order chi connectivity index (χ1) is 16.0. The van der Waals surface area contributed by atoms with Crippen LogP contribution in [0.15, 0.2) is 41.3 Å². The minimum absolute atomic E-state index is 0.113. The van der Waals surface area contributed by atoms with Crippen LogP contribution >= 0.6 is 0 Å². The largest absolute Gasteiger partial charge is 0.339 e. The Bertz CT molecular complexity index is 1260. The molecule has 10 heteroatoms. The Kier molecular flexibility index (Phi) is 5.77. The van der Waals surface area contributed by atoms with Crippen molar-refractivity contribution in [3.8, 4) is 11.4 Å². The van der Waals surface area contributed by atoms with Crippen LogP contribution in [0.25, 0.3) is 16.9 Å². The molecule has 0 spiro atoms. The van der Waals surface area contributed by atoms with Gasteiger partial charge in [-0.1, -0.05) is 19.0 Å². The summed E-state index contributed by atoms with van der Waals surface area (Å²) in [6.07, 6.45) is 5.32. The van der Waals surface area contributed by atoms with Gasteiger partial charge in [0.15, 0.2) is 5.82 Å². The number of nitrogens with two attached hydrogens (primary N) is 1. The van der Waals surface area contributed by atoms with E-state index in [4.69, 9.17) is 10.3 Å². The van der Waals surface area contributed by atoms with Crippen molar-refractivity contribution in [2.45, 2.75) is 45.2 Å². The number of benzene rings is 1. The van der Waals surface area contributed by atoms with Gasteiger partial charge in [0.2, 0.25) is 11.7 Å². The van der Waals surface area contributed by atoms with Crippen LogP contribution in [-0.4, -0.2) is 48.8 Å². The van der Waals surface area contributed by atoms with Gasteiger partial charge in [0.05, 0.1) is 5.69 Å². The average molecular weight is 451 g/mol. The first kappa shape index (κ1) is 21.5. The molecule has 1 fully saturated rings. The lowest BCUT2D eigenvalue weighted by molar-refractivity contribution is 0.206. The second kappa shape index (κ2) is 8.87. The second-order valence-electron chi connectivity index (χ2n) is 8.79. The van der Waals surface area contributed by atoms with Crippen LogP contribution in [0.4, 0.5) is 15.9 Å². The lowest BCUT2D eigenvalue weighted by atomic mass is 10.1. The van der Waals surface area contributed by atoms with Gasteiger partial charge in [0.1, 0.15) is 17.7 Å². The molecular formula is C23H27FN8O. The summed E-state index contributed by atoms with van der Waals surface area (Å²) in [5, 5.41) is 11.5. The molecule has 33 heavy (non-hydrogen) atoms. The van der Waals surface area contributed by atoms with Crippen molar-refractivity contribution in [3.05, 3.63) is 54.1 Å². The summed E-state index contributed by atoms with van der Waals surface area (Å²) in [7, 11) is 0. The second-order valence-corrected chi connectivity index (χ2v) is 8.79. The average Bonchev–Trinajstić information content (AvgIpc) is 3.45. The zero-order valence-electron chi connectivity index (χ0n) is 18.7. The van der Waals surface area contributed by atoms with Crippen LogP contribution in [-0.2, 0) is 6.54 Å². The van der Waals surface area contributed by atoms with Gasteiger partial charge in [-0.2, -0.15) is 10.1 Å². The molecule has 0 amide bonds. The third kappa shape index (κ3) is 4.44. The standard InChI is InChI=1S/C23H27FN8O/c1-14(2)23-29-21(30-33-23)15-3-4-18(24)19(11-15)28-22-20-16(5-10-32(20)27-13-26-22)12-31-8-6-17(25)7-9-31/h3-5,10-11,13-14,17H,6-9,12,25H2,1-2H3,(H,26,27,28). The summed E-state index contributed by atoms with van der Waals surface area (Å²) in [5.41, 5.74) is 8.87. The van der Waals surface area contributed by atoms with E-state index in [1.807, 2.05) is 26.1 Å². The van der Waals surface area contributed by atoms with Crippen molar-refractivity contribution in [2.24, 2.45) is 5.73 Å². The van der Waals surface area contributed by atoms with E-state index in [1.54, 1.807) is 16.6 Å². The molecule has 9 nitrogen and oxygen atoms in total. The molecule has 172 valence electrons. The highest BCUT2D eigenvalue weighted by atomic mass is 19.1. The molecule has 1 aromatic carbocycles. The molecule has 4 aromatic rings. The smallest absolute Gasteiger partial charge is 0.229 e. The Labute approximate surface area is 190 Å². The van der Waals surface area contributed by atoms with Crippen molar-refractivity contribution in [3.63, 3.8) is 0 Å². The normalized spacial score (nSPS) is 15.5. The monoisotopic (exact) mass is 450 g/mol. The number of piperidine rings is 1. The van der Waals surface area contributed by atoms with Crippen molar-refractivity contribution in [1.29, 1.82) is 0 Å². The summed E-state index contributed by atoms with van der Waals surface area (Å²) in [6.45, 7) is 6.61. The number of hydrogen-bond donors (Lipinski definition) is 2. The molecule has 4 heterocycles. The number of aromatic nitrogens is 5. The number of fused-ring (bicyclic) bond motifs is 1. The molecule has 5 rings (SSSR count). The van der Waals surface area contributed by atoms with Crippen molar-refractivity contribution in [2.75, 3.05) is 18.4 Å². The van der Waals surface area contributed by atoms with Gasteiger partial charge < -0.3 is 15.6 Å². The van der Waals surface area contributed by atoms with Crippen molar-refractivity contribution >= 4 is 17.0 Å². The summed E-state index contributed by atoms with van der Waals surface area (Å²) >= 11 is 0. The van der Waals surface area contributed by atoms with Crippen LogP contribution < -0.4 is 11.1 Å². The third-order valence-corrected chi connectivity index (χ3v) is 5.98. The number of likely N-dealkylation sites (tertiary alicyclic amines) is 1. The highest BCUT2D eigenvalue weighted by molar-refractivity contribution is 5.78. The highest BCUT2D eigenvalue weighted by Gasteiger charge is 2.20. The maximum atomic E-state index is 14.7. The van der Waals surface area contributed by atoms with E-state index in [0.29, 0.717) is 23.1 Å². The Hall–Kier alpha value is -3.37. The Morgan fingerprint density at radius 2 is 2.06 bits per heavy atom. The first-order valence-electron chi connectivity index (χ1n) is 11.2. The Morgan fingerprint density at radius 1 is 1.24 bits per heavy atom. The Balaban J connectivity index is 1.44. The fourth-order valence-corrected chi connectivity index (χ4v) is 4.06. The van der Waals surface area contributed by atoms with E-state index in [0.717, 1.165) is 43.6 Å². The maximum absolute atomic E-state index is 14.7. The van der Waals surface area contributed by atoms with Gasteiger partial charge in [0.25, 0.3) is 0 Å². The SMILES string of the molecule is CC(C)c1nc(-c2ccc(F)c(Nc3ncnn4ccc(CN5CCC(N)CC5)c34)c2)no1. The number of nitrogens with one attached hydrogen (secondary N) is 1. The van der Waals surface area contributed by atoms with Crippen LogP contribution in [0.1, 0.15) is 44.1 Å². The molecule has 0 unspecified atom stereocenters. The van der Waals surface area contributed by atoms with Gasteiger partial charge >= 0.3 is 0 Å². The molecule has 3 aromatic heterocycles. The van der Waals surface area contributed by atoms with E-state index in [1.165, 1.54) is 12.4 Å². The molecule has 1 saturated heterocycles. The molecule has 0 aliphatic carbocycles. The predicted molar refractivity (Wildman–Crippen MR) is 123 cm³/mol. The maximum Gasteiger partial charge on any atom is 0.229 e. The molecule has 1 aliphatic heterocycles. The van der Waals surface area contributed by atoms with E-state index in [-0.39, 0.29) is 17.6 Å². The lowest BCUT2D eigenvalue weighted by Crippen LogP contribution is -2.39. The Morgan fingerprint density at radius 3 is 2.82 bits per heavy atom. The topological polar surface area (TPSA) is 110 Å². The molecule has 0 saturated carbocycles. The molecule has 0 bridgehead atoms. The first-order valence-corrected chi connectivity index (χ1v) is 11.2. The van der Waals surface area contributed by atoms with Gasteiger partial charge in [-0.3, -0.25) is 4.90 Å². The summed E-state index contributed by atoms with van der Waals surface area (Å²) in [5.74, 6) is 1.20. The van der Waals surface area contributed by atoms with Crippen LogP contribution in [0.5, 0.6) is 0 Å². The molecule has 3 N–H and O–H groups in total. The summed E-state index contributed by atoms with van der Waals surface area (Å²) in [6, 6.07) is 6.99. The summed E-state index contributed by atoms with van der Waals surface area (Å²) < 4.78 is 21.8. The van der Waals surface area contributed by atoms with E-state index >= 15 is 0 Å². The van der Waals surface area contributed by atoms with E-state index < -0.39 is 5.82 Å². The zero-order valence-corrected chi connectivity index (χ0v) is 18.7. The van der Waals surface area contributed by atoms with Crippen LogP contribution in [0, 0.1) is 5.82 Å². The molecule has 1 aliphatic rings. The quantitative estimate of drug-likeness (QED) is 0.457. The number of halogens is 1. The third-order valence-electron chi connectivity index (χ3n) is 5.98. The predicted octanol–water partition coefficient (Wildman–Crippen LogP) is 3.71. The fourth-order valence-electron chi connectivity index (χ4n) is 4.06. The van der Waals surface area contributed by atoms with E-state index in [2.05, 4.69) is 30.4 Å². The van der Waals surface area contributed by atoms with Crippen molar-refractivity contribution in [1.82, 2.24) is 29.6 Å². The molecular weight excluding hydrogens is 423 g/mol. The highest BCUT2D eigenvalue weighted by Crippen LogP contribution is 2.29. The van der Waals surface area contributed by atoms with E-state index in [9.17, 15) is 4.39 Å². The lowest BCUT2D eigenvalue weighted by Gasteiger charge is -2.29. The van der Waals surface area contributed by atoms with Gasteiger partial charge in [-0.25, -0.2) is 13.9 Å². The van der Waals surface area contributed by atoms with Crippen LogP contribution in [0.2, 0.25) is 0 Å². The fraction of sp³-hybridized carbons (Fsp3) is 0.391. The van der Waals surface area contributed by atoms with Gasteiger partial charge in [0, 0.05) is 30.3 Å². The minimum Gasteiger partial charge on any atom is -0.339 e. The number of nitrogens with zero attached hydrogens (tertiary/aromatic N) is 6.